The fourth-order valence-electron chi connectivity index (χ4n) is 2.31. The molecule has 84 valence electrons. The molecule has 1 saturated carbocycles. The summed E-state index contributed by atoms with van der Waals surface area (Å²) >= 11 is 0. The lowest BCUT2D eigenvalue weighted by Gasteiger charge is -2.15. The lowest BCUT2D eigenvalue weighted by Crippen LogP contribution is -2.27. The van der Waals surface area contributed by atoms with Crippen molar-refractivity contribution in [1.29, 1.82) is 0 Å². The summed E-state index contributed by atoms with van der Waals surface area (Å²) in [5, 5.41) is 7.81. The molecule has 0 amide bonds. The van der Waals surface area contributed by atoms with E-state index in [4.69, 9.17) is 0 Å². The molecule has 0 aromatic carbocycles. The van der Waals surface area contributed by atoms with E-state index in [0.29, 0.717) is 0 Å². The van der Waals surface area contributed by atoms with E-state index in [-0.39, 0.29) is 0 Å². The fraction of sp³-hybridized carbons (Fsp3) is 0.750. The van der Waals surface area contributed by atoms with Crippen molar-refractivity contribution in [2.24, 2.45) is 7.05 Å². The largest absolute Gasteiger partial charge is 0.310 e. The van der Waals surface area contributed by atoms with Gasteiger partial charge in [0.25, 0.3) is 0 Å². The van der Waals surface area contributed by atoms with Crippen LogP contribution in [-0.2, 0) is 13.6 Å². The predicted octanol–water partition coefficient (Wildman–Crippen LogP) is 2.23. The third-order valence-corrected chi connectivity index (χ3v) is 3.21. The first-order valence-corrected chi connectivity index (χ1v) is 6.05. The summed E-state index contributed by atoms with van der Waals surface area (Å²) < 4.78 is 1.87. The molecule has 1 fully saturated rings. The van der Waals surface area contributed by atoms with E-state index in [0.717, 1.165) is 12.6 Å². The van der Waals surface area contributed by atoms with Gasteiger partial charge in [-0.3, -0.25) is 4.68 Å². The Bertz CT molecular complexity index is 285. The highest BCUT2D eigenvalue weighted by Gasteiger charge is 2.11. The Kier molecular flexibility index (Phi) is 3.78. The van der Waals surface area contributed by atoms with Crippen molar-refractivity contribution in [2.45, 2.75) is 51.1 Å². The quantitative estimate of drug-likeness (QED) is 0.770. The number of nitrogens with one attached hydrogen (secondary N) is 1. The molecule has 3 heteroatoms. The maximum Gasteiger partial charge on any atom is 0.0534 e. The van der Waals surface area contributed by atoms with Crippen molar-refractivity contribution in [3.8, 4) is 0 Å². The molecule has 0 unspecified atom stereocenters. The van der Waals surface area contributed by atoms with Crippen LogP contribution < -0.4 is 5.32 Å². The molecular formula is C12H21N3. The van der Waals surface area contributed by atoms with Crippen molar-refractivity contribution in [3.63, 3.8) is 0 Å². The van der Waals surface area contributed by atoms with Crippen molar-refractivity contribution in [3.05, 3.63) is 18.0 Å². The SMILES string of the molecule is Cn1cc(CNC2CCCCCC2)cn1. The van der Waals surface area contributed by atoms with Crippen LogP contribution in [0.4, 0.5) is 0 Å². The van der Waals surface area contributed by atoms with E-state index in [1.165, 1.54) is 44.1 Å². The van der Waals surface area contributed by atoms with Crippen LogP contribution in [0.15, 0.2) is 12.4 Å². The van der Waals surface area contributed by atoms with Crippen molar-refractivity contribution in [1.82, 2.24) is 15.1 Å². The number of hydrogen-bond acceptors (Lipinski definition) is 2. The second-order valence-electron chi connectivity index (χ2n) is 4.59. The molecule has 0 aliphatic heterocycles. The molecule has 1 aromatic heterocycles. The minimum atomic E-state index is 0.729. The first-order chi connectivity index (χ1) is 7.34. The van der Waals surface area contributed by atoms with E-state index in [1.807, 2.05) is 17.9 Å². The van der Waals surface area contributed by atoms with E-state index in [9.17, 15) is 0 Å². The molecule has 1 N–H and O–H groups in total. The molecule has 1 heterocycles. The molecule has 0 spiro atoms. The van der Waals surface area contributed by atoms with E-state index >= 15 is 0 Å². The second kappa shape index (κ2) is 5.31. The summed E-state index contributed by atoms with van der Waals surface area (Å²) in [6.45, 7) is 0.971. The van der Waals surface area contributed by atoms with Gasteiger partial charge in [0.05, 0.1) is 6.20 Å². The highest BCUT2D eigenvalue weighted by atomic mass is 15.2. The first kappa shape index (κ1) is 10.7. The summed E-state index contributed by atoms with van der Waals surface area (Å²) in [5.41, 5.74) is 1.29. The molecule has 1 aliphatic rings. The van der Waals surface area contributed by atoms with Gasteiger partial charge < -0.3 is 5.32 Å². The third kappa shape index (κ3) is 3.34. The van der Waals surface area contributed by atoms with Gasteiger partial charge in [0.2, 0.25) is 0 Å². The minimum Gasteiger partial charge on any atom is -0.310 e. The number of aryl methyl sites for hydroxylation is 1. The maximum absolute atomic E-state index is 4.18. The normalized spacial score (nSPS) is 19.0. The molecule has 3 nitrogen and oxygen atoms in total. The summed E-state index contributed by atoms with van der Waals surface area (Å²) in [6, 6.07) is 0.729. The topological polar surface area (TPSA) is 29.9 Å². The lowest BCUT2D eigenvalue weighted by atomic mass is 10.1. The standard InChI is InChI=1S/C12H21N3/c1-15-10-11(9-14-15)8-13-12-6-4-2-3-5-7-12/h9-10,12-13H,2-8H2,1H3. The lowest BCUT2D eigenvalue weighted by molar-refractivity contribution is 0.459. The molecule has 1 aliphatic carbocycles. The van der Waals surface area contributed by atoms with E-state index in [2.05, 4.69) is 16.6 Å². The van der Waals surface area contributed by atoms with Gasteiger partial charge in [-0.25, -0.2) is 0 Å². The number of hydrogen-bond donors (Lipinski definition) is 1. The zero-order valence-electron chi connectivity index (χ0n) is 9.58. The fourth-order valence-corrected chi connectivity index (χ4v) is 2.31. The summed E-state index contributed by atoms with van der Waals surface area (Å²) in [4.78, 5) is 0. The average molecular weight is 207 g/mol. The molecule has 2 rings (SSSR count). The number of rotatable bonds is 3. The third-order valence-electron chi connectivity index (χ3n) is 3.21. The Morgan fingerprint density at radius 2 is 2.07 bits per heavy atom. The predicted molar refractivity (Wildman–Crippen MR) is 61.5 cm³/mol. The van der Waals surface area contributed by atoms with Gasteiger partial charge in [-0.05, 0) is 12.8 Å². The van der Waals surface area contributed by atoms with Crippen LogP contribution in [0.5, 0.6) is 0 Å². The number of aromatic nitrogens is 2. The Hall–Kier alpha value is -0.830. The van der Waals surface area contributed by atoms with Crippen molar-refractivity contribution in [2.75, 3.05) is 0 Å². The van der Waals surface area contributed by atoms with Gasteiger partial charge in [0.1, 0.15) is 0 Å². The maximum atomic E-state index is 4.18. The monoisotopic (exact) mass is 207 g/mol. The van der Waals surface area contributed by atoms with Gasteiger partial charge in [-0.15, -0.1) is 0 Å². The minimum absolute atomic E-state index is 0.729. The van der Waals surface area contributed by atoms with Crippen LogP contribution in [-0.4, -0.2) is 15.8 Å². The van der Waals surface area contributed by atoms with Gasteiger partial charge in [-0.1, -0.05) is 25.7 Å². The molecular weight excluding hydrogens is 186 g/mol. The molecule has 1 aromatic rings. The Labute approximate surface area is 91.9 Å². The zero-order chi connectivity index (χ0) is 10.5. The van der Waals surface area contributed by atoms with Crippen LogP contribution in [0.2, 0.25) is 0 Å². The smallest absolute Gasteiger partial charge is 0.0534 e. The number of nitrogens with zero attached hydrogens (tertiary/aromatic N) is 2. The Morgan fingerprint density at radius 1 is 1.33 bits per heavy atom. The molecule has 0 radical (unpaired) electrons. The van der Waals surface area contributed by atoms with Crippen molar-refractivity contribution < 1.29 is 0 Å². The van der Waals surface area contributed by atoms with Crippen LogP contribution in [0.25, 0.3) is 0 Å². The van der Waals surface area contributed by atoms with Gasteiger partial charge in [0.15, 0.2) is 0 Å². The van der Waals surface area contributed by atoms with Crippen LogP contribution in [0.3, 0.4) is 0 Å². The first-order valence-electron chi connectivity index (χ1n) is 6.05. The van der Waals surface area contributed by atoms with Gasteiger partial charge >= 0.3 is 0 Å². The Morgan fingerprint density at radius 3 is 2.67 bits per heavy atom. The van der Waals surface area contributed by atoms with Crippen molar-refractivity contribution >= 4 is 0 Å². The average Bonchev–Trinajstić information content (AvgIpc) is 2.52. The van der Waals surface area contributed by atoms with Crippen LogP contribution >= 0.6 is 0 Å². The summed E-state index contributed by atoms with van der Waals surface area (Å²) in [5.74, 6) is 0. The van der Waals surface area contributed by atoms with Crippen LogP contribution in [0.1, 0.15) is 44.1 Å². The highest BCUT2D eigenvalue weighted by Crippen LogP contribution is 2.17. The molecule has 0 bridgehead atoms. The molecule has 0 atom stereocenters. The molecule has 0 saturated heterocycles. The molecule has 15 heavy (non-hydrogen) atoms. The van der Waals surface area contributed by atoms with Gasteiger partial charge in [-0.2, -0.15) is 5.10 Å². The highest BCUT2D eigenvalue weighted by molar-refractivity contribution is 5.03. The van der Waals surface area contributed by atoms with E-state index in [1.54, 1.807) is 0 Å². The second-order valence-corrected chi connectivity index (χ2v) is 4.59. The summed E-state index contributed by atoms with van der Waals surface area (Å²) in [6.07, 6.45) is 12.4. The van der Waals surface area contributed by atoms with Gasteiger partial charge in [0, 0.05) is 31.4 Å². The zero-order valence-corrected chi connectivity index (χ0v) is 9.58. The Balaban J connectivity index is 1.76. The van der Waals surface area contributed by atoms with Crippen LogP contribution in [0, 0.1) is 0 Å². The van der Waals surface area contributed by atoms with E-state index < -0.39 is 0 Å². The summed E-state index contributed by atoms with van der Waals surface area (Å²) in [7, 11) is 1.97.